The molecule has 2 heterocycles. The Hall–Kier alpha value is -3.09. The topological polar surface area (TPSA) is 77.8 Å². The summed E-state index contributed by atoms with van der Waals surface area (Å²) in [4.78, 5) is 39.5. The SMILES string of the molecule is CCOC(=O)c1cn2c(c(OCc3ccccc3)c1=O)C(=O)N(C)C(C)C2. The first-order chi connectivity index (χ1) is 12.9. The van der Waals surface area contributed by atoms with Crippen LogP contribution in [-0.4, -0.2) is 41.0 Å². The molecule has 0 spiro atoms. The number of nitrogens with zero attached hydrogens (tertiary/aromatic N) is 2. The van der Waals surface area contributed by atoms with Gasteiger partial charge < -0.3 is 18.9 Å². The van der Waals surface area contributed by atoms with Gasteiger partial charge in [0.15, 0.2) is 11.4 Å². The molecule has 27 heavy (non-hydrogen) atoms. The van der Waals surface area contributed by atoms with Crippen LogP contribution in [0.5, 0.6) is 5.75 Å². The van der Waals surface area contributed by atoms with Crippen LogP contribution in [0, 0.1) is 0 Å². The van der Waals surface area contributed by atoms with E-state index in [1.807, 2.05) is 37.3 Å². The summed E-state index contributed by atoms with van der Waals surface area (Å²) < 4.78 is 12.4. The number of likely N-dealkylation sites (N-methyl/N-ethyl adjacent to an activating group) is 1. The van der Waals surface area contributed by atoms with Crippen LogP contribution in [0.4, 0.5) is 0 Å². The van der Waals surface area contributed by atoms with E-state index >= 15 is 0 Å². The average molecular weight is 370 g/mol. The number of carbonyl (C=O) groups excluding carboxylic acids is 2. The molecule has 142 valence electrons. The number of carbonyl (C=O) groups is 2. The van der Waals surface area contributed by atoms with Gasteiger partial charge >= 0.3 is 5.97 Å². The zero-order chi connectivity index (χ0) is 19.6. The number of fused-ring (bicyclic) bond motifs is 1. The number of hydrogen-bond acceptors (Lipinski definition) is 5. The van der Waals surface area contributed by atoms with Crippen LogP contribution >= 0.6 is 0 Å². The highest BCUT2D eigenvalue weighted by Gasteiger charge is 2.33. The quantitative estimate of drug-likeness (QED) is 0.753. The maximum Gasteiger partial charge on any atom is 0.343 e. The van der Waals surface area contributed by atoms with Gasteiger partial charge in [0.1, 0.15) is 12.2 Å². The molecule has 1 unspecified atom stereocenters. The Labute approximate surface area is 157 Å². The van der Waals surface area contributed by atoms with Gasteiger partial charge in [-0.1, -0.05) is 30.3 Å². The summed E-state index contributed by atoms with van der Waals surface area (Å²) in [7, 11) is 1.68. The summed E-state index contributed by atoms with van der Waals surface area (Å²) >= 11 is 0. The molecule has 0 saturated heterocycles. The van der Waals surface area contributed by atoms with Crippen molar-refractivity contribution in [1.82, 2.24) is 9.47 Å². The van der Waals surface area contributed by atoms with E-state index in [0.717, 1.165) is 5.56 Å². The van der Waals surface area contributed by atoms with Crippen LogP contribution in [0.1, 0.15) is 40.3 Å². The molecule has 0 saturated carbocycles. The summed E-state index contributed by atoms with van der Waals surface area (Å²) in [6.45, 7) is 4.28. The fourth-order valence-corrected chi connectivity index (χ4v) is 3.00. The number of esters is 1. The van der Waals surface area contributed by atoms with E-state index in [9.17, 15) is 14.4 Å². The maximum atomic E-state index is 12.9. The molecular formula is C20H22N2O5. The summed E-state index contributed by atoms with van der Waals surface area (Å²) in [5, 5.41) is 0. The van der Waals surface area contributed by atoms with E-state index in [4.69, 9.17) is 9.47 Å². The first-order valence-corrected chi connectivity index (χ1v) is 8.82. The molecule has 0 bridgehead atoms. The van der Waals surface area contributed by atoms with E-state index in [1.165, 1.54) is 6.20 Å². The number of amides is 1. The lowest BCUT2D eigenvalue weighted by molar-refractivity contribution is 0.0517. The second-order valence-corrected chi connectivity index (χ2v) is 6.46. The molecule has 7 nitrogen and oxygen atoms in total. The van der Waals surface area contributed by atoms with E-state index < -0.39 is 11.4 Å². The second-order valence-electron chi connectivity index (χ2n) is 6.46. The number of hydrogen-bond donors (Lipinski definition) is 0. The number of benzene rings is 1. The minimum absolute atomic E-state index is 0.0791. The zero-order valence-corrected chi connectivity index (χ0v) is 15.6. The molecule has 2 aromatic rings. The molecule has 1 aliphatic heterocycles. The highest BCUT2D eigenvalue weighted by molar-refractivity contribution is 5.98. The summed E-state index contributed by atoms with van der Waals surface area (Å²) in [5.74, 6) is -1.15. The van der Waals surface area contributed by atoms with Crippen molar-refractivity contribution in [2.24, 2.45) is 0 Å². The third-order valence-corrected chi connectivity index (χ3v) is 4.60. The normalized spacial score (nSPS) is 16.0. The van der Waals surface area contributed by atoms with Crippen molar-refractivity contribution >= 4 is 11.9 Å². The van der Waals surface area contributed by atoms with Gasteiger partial charge in [0.05, 0.1) is 6.61 Å². The van der Waals surface area contributed by atoms with Crippen molar-refractivity contribution in [3.63, 3.8) is 0 Å². The molecule has 1 amide bonds. The number of pyridine rings is 1. The monoisotopic (exact) mass is 370 g/mol. The predicted octanol–water partition coefficient (Wildman–Crippen LogP) is 2.08. The molecule has 7 heteroatoms. The Morgan fingerprint density at radius 3 is 2.59 bits per heavy atom. The fourth-order valence-electron chi connectivity index (χ4n) is 3.00. The molecule has 0 N–H and O–H groups in total. The van der Waals surface area contributed by atoms with Crippen LogP contribution in [0.25, 0.3) is 0 Å². The van der Waals surface area contributed by atoms with Gasteiger partial charge in [-0.3, -0.25) is 9.59 Å². The van der Waals surface area contributed by atoms with Gasteiger partial charge in [-0.05, 0) is 19.4 Å². The number of rotatable bonds is 5. The first kappa shape index (κ1) is 18.7. The summed E-state index contributed by atoms with van der Waals surface area (Å²) in [6, 6.07) is 9.23. The van der Waals surface area contributed by atoms with Crippen molar-refractivity contribution in [1.29, 1.82) is 0 Å². The standard InChI is InChI=1S/C20H22N2O5/c1-4-26-20(25)15-11-22-10-13(2)21(3)19(24)16(22)18(17(15)23)27-12-14-8-6-5-7-9-14/h5-9,11,13H,4,10,12H2,1-3H3. The smallest absolute Gasteiger partial charge is 0.343 e. The molecule has 0 fully saturated rings. The lowest BCUT2D eigenvalue weighted by Crippen LogP contribution is -2.46. The Bertz CT molecular complexity index is 920. The van der Waals surface area contributed by atoms with E-state index in [2.05, 4.69) is 0 Å². The molecule has 1 aliphatic rings. The molecule has 1 aromatic carbocycles. The number of ether oxygens (including phenoxy) is 2. The third-order valence-electron chi connectivity index (χ3n) is 4.60. The van der Waals surface area contributed by atoms with Gasteiger partial charge in [-0.25, -0.2) is 4.79 Å². The number of aromatic nitrogens is 1. The van der Waals surface area contributed by atoms with E-state index in [1.54, 1.807) is 23.4 Å². The Kier molecular flexibility index (Phi) is 5.30. The lowest BCUT2D eigenvalue weighted by Gasteiger charge is -2.33. The van der Waals surface area contributed by atoms with Crippen LogP contribution in [0.2, 0.25) is 0 Å². The van der Waals surface area contributed by atoms with Crippen molar-refractivity contribution < 1.29 is 19.1 Å². The Morgan fingerprint density at radius 2 is 1.93 bits per heavy atom. The first-order valence-electron chi connectivity index (χ1n) is 8.82. The minimum Gasteiger partial charge on any atom is -0.483 e. The minimum atomic E-state index is -0.721. The van der Waals surface area contributed by atoms with Crippen molar-refractivity contribution in [3.8, 4) is 5.75 Å². The highest BCUT2D eigenvalue weighted by atomic mass is 16.5. The van der Waals surface area contributed by atoms with E-state index in [-0.39, 0.29) is 42.2 Å². The average Bonchev–Trinajstić information content (AvgIpc) is 2.66. The fraction of sp³-hybridized carbons (Fsp3) is 0.350. The van der Waals surface area contributed by atoms with Crippen LogP contribution in [-0.2, 0) is 17.9 Å². The summed E-state index contributed by atoms with van der Waals surface area (Å²) in [6.07, 6.45) is 1.40. The van der Waals surface area contributed by atoms with Crippen LogP contribution in [0.15, 0.2) is 41.3 Å². The molecule has 0 aliphatic carbocycles. The Balaban J connectivity index is 2.09. The molecular weight excluding hydrogens is 348 g/mol. The van der Waals surface area contributed by atoms with Crippen molar-refractivity contribution in [3.05, 3.63) is 63.6 Å². The van der Waals surface area contributed by atoms with Gasteiger partial charge in [0, 0.05) is 25.8 Å². The predicted molar refractivity (Wildman–Crippen MR) is 99.0 cm³/mol. The molecule has 1 atom stereocenters. The lowest BCUT2D eigenvalue weighted by atomic mass is 10.1. The van der Waals surface area contributed by atoms with Crippen molar-refractivity contribution in [2.45, 2.75) is 33.0 Å². The van der Waals surface area contributed by atoms with Gasteiger partial charge in [0.2, 0.25) is 5.43 Å². The molecule has 0 radical (unpaired) electrons. The highest BCUT2D eigenvalue weighted by Crippen LogP contribution is 2.24. The third kappa shape index (κ3) is 3.58. The second kappa shape index (κ2) is 7.65. The molecule has 3 rings (SSSR count). The van der Waals surface area contributed by atoms with Crippen LogP contribution in [0.3, 0.4) is 0 Å². The van der Waals surface area contributed by atoms with Gasteiger partial charge in [0.25, 0.3) is 5.91 Å². The summed E-state index contributed by atoms with van der Waals surface area (Å²) in [5.41, 5.74) is 0.242. The van der Waals surface area contributed by atoms with Gasteiger partial charge in [-0.15, -0.1) is 0 Å². The van der Waals surface area contributed by atoms with Crippen molar-refractivity contribution in [2.75, 3.05) is 13.7 Å². The molecule has 1 aromatic heterocycles. The van der Waals surface area contributed by atoms with E-state index in [0.29, 0.717) is 6.54 Å². The Morgan fingerprint density at radius 1 is 1.22 bits per heavy atom. The maximum absolute atomic E-state index is 12.9. The van der Waals surface area contributed by atoms with Gasteiger partial charge in [-0.2, -0.15) is 0 Å². The zero-order valence-electron chi connectivity index (χ0n) is 15.6. The van der Waals surface area contributed by atoms with Crippen LogP contribution < -0.4 is 10.2 Å². The largest absolute Gasteiger partial charge is 0.483 e.